The van der Waals surface area contributed by atoms with E-state index in [2.05, 4.69) is 10.6 Å². The first-order valence-electron chi connectivity index (χ1n) is 7.69. The van der Waals surface area contributed by atoms with Crippen LogP contribution in [-0.2, 0) is 4.79 Å². The van der Waals surface area contributed by atoms with Gasteiger partial charge in [0.25, 0.3) is 5.91 Å². The van der Waals surface area contributed by atoms with Gasteiger partial charge in [-0.05, 0) is 42.8 Å². The van der Waals surface area contributed by atoms with Gasteiger partial charge in [0.05, 0.1) is 5.69 Å². The number of aromatic hydroxyl groups is 1. The first-order valence-corrected chi connectivity index (χ1v) is 8.07. The summed E-state index contributed by atoms with van der Waals surface area (Å²) in [4.78, 5) is 24.0. The van der Waals surface area contributed by atoms with Gasteiger partial charge in [-0.3, -0.25) is 9.59 Å². The maximum absolute atomic E-state index is 12.2. The zero-order valence-corrected chi connectivity index (χ0v) is 14.1. The lowest BCUT2D eigenvalue weighted by Gasteiger charge is -2.11. The third-order valence-electron chi connectivity index (χ3n) is 3.37. The van der Waals surface area contributed by atoms with Crippen molar-refractivity contribution in [3.63, 3.8) is 0 Å². The number of anilines is 2. The molecule has 5 nitrogen and oxygen atoms in total. The van der Waals surface area contributed by atoms with Gasteiger partial charge < -0.3 is 15.7 Å². The highest BCUT2D eigenvalue weighted by atomic mass is 35.5. The molecule has 0 atom stereocenters. The quantitative estimate of drug-likeness (QED) is 0.535. The molecule has 0 aromatic heterocycles. The van der Waals surface area contributed by atoms with Crippen LogP contribution in [0.4, 0.5) is 11.4 Å². The van der Waals surface area contributed by atoms with Gasteiger partial charge in [0.15, 0.2) is 0 Å². The van der Waals surface area contributed by atoms with Crippen LogP contribution in [0.2, 0.25) is 5.02 Å². The van der Waals surface area contributed by atoms with Crippen LogP contribution in [0.3, 0.4) is 0 Å². The summed E-state index contributed by atoms with van der Waals surface area (Å²) in [6, 6.07) is 11.1. The van der Waals surface area contributed by atoms with E-state index in [0.717, 1.165) is 12.8 Å². The predicted octanol–water partition coefficient (Wildman–Crippen LogP) is 4.43. The minimum Gasteiger partial charge on any atom is -0.506 e. The van der Waals surface area contributed by atoms with Crippen LogP contribution in [0.15, 0.2) is 42.5 Å². The Labute approximate surface area is 145 Å². The molecular formula is C18H19ClN2O3. The first kappa shape index (κ1) is 17.8. The van der Waals surface area contributed by atoms with Crippen molar-refractivity contribution in [1.29, 1.82) is 0 Å². The second-order valence-corrected chi connectivity index (χ2v) is 5.78. The van der Waals surface area contributed by atoms with Crippen molar-refractivity contribution in [3.8, 4) is 5.75 Å². The number of rotatable bonds is 6. The Morgan fingerprint density at radius 2 is 1.92 bits per heavy atom. The number of nitrogens with one attached hydrogen (secondary N) is 2. The molecule has 0 aliphatic heterocycles. The molecule has 0 saturated heterocycles. The molecule has 0 radical (unpaired) electrons. The summed E-state index contributed by atoms with van der Waals surface area (Å²) in [6.45, 7) is 2.00. The van der Waals surface area contributed by atoms with E-state index in [0.29, 0.717) is 22.7 Å². The van der Waals surface area contributed by atoms with Gasteiger partial charge in [0, 0.05) is 22.7 Å². The largest absolute Gasteiger partial charge is 0.506 e. The van der Waals surface area contributed by atoms with Gasteiger partial charge in [0.2, 0.25) is 5.91 Å². The number of amides is 2. The summed E-state index contributed by atoms with van der Waals surface area (Å²) in [6.07, 6.45) is 2.07. The van der Waals surface area contributed by atoms with Crippen LogP contribution in [0.1, 0.15) is 36.5 Å². The summed E-state index contributed by atoms with van der Waals surface area (Å²) in [5, 5.41) is 15.7. The van der Waals surface area contributed by atoms with Gasteiger partial charge in [0.1, 0.15) is 5.75 Å². The monoisotopic (exact) mass is 346 g/mol. The van der Waals surface area contributed by atoms with Crippen LogP contribution in [0, 0.1) is 0 Å². The van der Waals surface area contributed by atoms with E-state index >= 15 is 0 Å². The SMILES string of the molecule is CCCCC(=O)Nc1cc(NC(=O)c2cccc(Cl)c2)ccc1O. The summed E-state index contributed by atoms with van der Waals surface area (Å²) in [5.41, 5.74) is 1.15. The molecule has 0 spiro atoms. The molecular weight excluding hydrogens is 328 g/mol. The van der Waals surface area contributed by atoms with Crippen molar-refractivity contribution in [1.82, 2.24) is 0 Å². The van der Waals surface area contributed by atoms with Gasteiger partial charge in [-0.2, -0.15) is 0 Å². The molecule has 0 heterocycles. The first-order chi connectivity index (χ1) is 11.5. The van der Waals surface area contributed by atoms with E-state index < -0.39 is 0 Å². The van der Waals surface area contributed by atoms with Gasteiger partial charge >= 0.3 is 0 Å². The summed E-state index contributed by atoms with van der Waals surface area (Å²) < 4.78 is 0. The predicted molar refractivity (Wildman–Crippen MR) is 95.7 cm³/mol. The van der Waals surface area contributed by atoms with Crippen molar-refractivity contribution in [2.24, 2.45) is 0 Å². The molecule has 2 amide bonds. The van der Waals surface area contributed by atoms with Crippen LogP contribution in [0.5, 0.6) is 5.75 Å². The third-order valence-corrected chi connectivity index (χ3v) is 3.61. The fraction of sp³-hybridized carbons (Fsp3) is 0.222. The summed E-state index contributed by atoms with van der Waals surface area (Å²) in [5.74, 6) is -0.558. The average molecular weight is 347 g/mol. The zero-order valence-electron chi connectivity index (χ0n) is 13.3. The van der Waals surface area contributed by atoms with Gasteiger partial charge in [-0.1, -0.05) is 31.0 Å². The molecule has 0 unspecified atom stereocenters. The number of phenolic OH excluding ortho intramolecular Hbond substituents is 1. The molecule has 2 aromatic carbocycles. The van der Waals surface area contributed by atoms with Gasteiger partial charge in [-0.15, -0.1) is 0 Å². The number of hydrogen-bond donors (Lipinski definition) is 3. The number of benzene rings is 2. The lowest BCUT2D eigenvalue weighted by molar-refractivity contribution is -0.116. The van der Waals surface area contributed by atoms with Crippen LogP contribution in [0.25, 0.3) is 0 Å². The van der Waals surface area contributed by atoms with E-state index in [9.17, 15) is 14.7 Å². The van der Waals surface area contributed by atoms with Gasteiger partial charge in [-0.25, -0.2) is 0 Å². The average Bonchev–Trinajstić information content (AvgIpc) is 2.56. The van der Waals surface area contributed by atoms with Crippen molar-refractivity contribution < 1.29 is 14.7 Å². The maximum atomic E-state index is 12.2. The molecule has 3 N–H and O–H groups in total. The highest BCUT2D eigenvalue weighted by Crippen LogP contribution is 2.27. The number of carbonyl (C=O) groups excluding carboxylic acids is 2. The van der Waals surface area contributed by atoms with E-state index in [1.807, 2.05) is 6.92 Å². The molecule has 126 valence electrons. The van der Waals surface area contributed by atoms with E-state index in [4.69, 9.17) is 11.6 Å². The van der Waals surface area contributed by atoms with E-state index in [1.165, 1.54) is 12.1 Å². The Morgan fingerprint density at radius 3 is 2.62 bits per heavy atom. The minimum absolute atomic E-state index is 0.0550. The second-order valence-electron chi connectivity index (χ2n) is 5.35. The number of hydrogen-bond acceptors (Lipinski definition) is 3. The second kappa shape index (κ2) is 8.36. The lowest BCUT2D eigenvalue weighted by Crippen LogP contribution is -2.13. The van der Waals surface area contributed by atoms with E-state index in [-0.39, 0.29) is 23.3 Å². The topological polar surface area (TPSA) is 78.4 Å². The van der Waals surface area contributed by atoms with Crippen molar-refractivity contribution in [3.05, 3.63) is 53.1 Å². The molecule has 6 heteroatoms. The fourth-order valence-electron chi connectivity index (χ4n) is 2.10. The summed E-state index contributed by atoms with van der Waals surface area (Å²) in [7, 11) is 0. The smallest absolute Gasteiger partial charge is 0.255 e. The molecule has 24 heavy (non-hydrogen) atoms. The maximum Gasteiger partial charge on any atom is 0.255 e. The Bertz CT molecular complexity index is 747. The highest BCUT2D eigenvalue weighted by Gasteiger charge is 2.10. The molecule has 0 fully saturated rings. The van der Waals surface area contributed by atoms with Crippen molar-refractivity contribution in [2.45, 2.75) is 26.2 Å². The fourth-order valence-corrected chi connectivity index (χ4v) is 2.29. The molecule has 0 saturated carbocycles. The van der Waals surface area contributed by atoms with Crippen LogP contribution in [-0.4, -0.2) is 16.9 Å². The zero-order chi connectivity index (χ0) is 17.5. The van der Waals surface area contributed by atoms with Crippen LogP contribution < -0.4 is 10.6 Å². The Morgan fingerprint density at radius 1 is 1.12 bits per heavy atom. The third kappa shape index (κ3) is 4.99. The Balaban J connectivity index is 2.10. The van der Waals surface area contributed by atoms with Crippen LogP contribution >= 0.6 is 11.6 Å². The number of halogens is 1. The molecule has 2 aromatic rings. The van der Waals surface area contributed by atoms with E-state index in [1.54, 1.807) is 30.3 Å². The standard InChI is InChI=1S/C18H19ClN2O3/c1-2-3-7-17(23)21-15-11-14(8-9-16(15)22)20-18(24)12-5-4-6-13(19)10-12/h4-6,8-11,22H,2-3,7H2,1H3,(H,20,24)(H,21,23). The Kier molecular flexibility index (Phi) is 6.21. The summed E-state index contributed by atoms with van der Waals surface area (Å²) >= 11 is 5.88. The number of carbonyl (C=O) groups is 2. The number of phenols is 1. The lowest BCUT2D eigenvalue weighted by atomic mass is 10.2. The highest BCUT2D eigenvalue weighted by molar-refractivity contribution is 6.31. The molecule has 0 bridgehead atoms. The minimum atomic E-state index is -0.327. The molecule has 2 rings (SSSR count). The molecule has 0 aliphatic rings. The number of unbranched alkanes of at least 4 members (excludes halogenated alkanes) is 1. The van der Waals surface area contributed by atoms with Crippen molar-refractivity contribution in [2.75, 3.05) is 10.6 Å². The Hall–Kier alpha value is -2.53. The normalized spacial score (nSPS) is 10.2. The molecule has 0 aliphatic carbocycles. The van der Waals surface area contributed by atoms with Crippen molar-refractivity contribution >= 4 is 34.8 Å².